The number of urea groups is 1. The Morgan fingerprint density at radius 3 is 2.67 bits per heavy atom. The van der Waals surface area contributed by atoms with Gasteiger partial charge in [0.2, 0.25) is 0 Å². The summed E-state index contributed by atoms with van der Waals surface area (Å²) in [6, 6.07) is 1.55. The van der Waals surface area contributed by atoms with E-state index in [1.807, 2.05) is 33.9 Å². The van der Waals surface area contributed by atoms with Gasteiger partial charge in [0.25, 0.3) is 0 Å². The Labute approximate surface area is 107 Å². The first-order chi connectivity index (χ1) is 8.30. The van der Waals surface area contributed by atoms with Crippen molar-refractivity contribution < 1.29 is 9.90 Å². The van der Waals surface area contributed by atoms with Gasteiger partial charge in [-0.2, -0.15) is 5.10 Å². The zero-order valence-electron chi connectivity index (χ0n) is 11.4. The Hall–Kier alpha value is -1.56. The summed E-state index contributed by atoms with van der Waals surface area (Å²) in [4.78, 5) is 11.5. The molecule has 0 radical (unpaired) electrons. The fourth-order valence-electron chi connectivity index (χ4n) is 1.30. The minimum absolute atomic E-state index is 0.237. The molecule has 1 atom stereocenters. The second kappa shape index (κ2) is 5.86. The standard InChI is InChI=1S/C12H22N4O2/c1-12(2,3)10(17)8-14-11(18)13-7-9-5-6-15-16(9)4/h5-6,10,17H,7-8H2,1-4H3,(H2,13,14,18). The van der Waals surface area contributed by atoms with Crippen LogP contribution in [0.4, 0.5) is 4.79 Å². The molecule has 6 heteroatoms. The van der Waals surface area contributed by atoms with Gasteiger partial charge in [-0.25, -0.2) is 4.79 Å². The Morgan fingerprint density at radius 1 is 1.50 bits per heavy atom. The van der Waals surface area contributed by atoms with Gasteiger partial charge in [0.05, 0.1) is 18.3 Å². The molecule has 0 bridgehead atoms. The van der Waals surface area contributed by atoms with Crippen LogP contribution in [0.3, 0.4) is 0 Å². The molecule has 102 valence electrons. The molecule has 1 rings (SSSR count). The molecular formula is C12H22N4O2. The van der Waals surface area contributed by atoms with Crippen LogP contribution in [-0.2, 0) is 13.6 Å². The quantitative estimate of drug-likeness (QED) is 0.737. The van der Waals surface area contributed by atoms with Crippen LogP contribution in [0.25, 0.3) is 0 Å². The maximum Gasteiger partial charge on any atom is 0.315 e. The summed E-state index contributed by atoms with van der Waals surface area (Å²) in [5, 5.41) is 19.1. The summed E-state index contributed by atoms with van der Waals surface area (Å²) in [6.45, 7) is 6.42. The van der Waals surface area contributed by atoms with Gasteiger partial charge < -0.3 is 15.7 Å². The second-order valence-electron chi connectivity index (χ2n) is 5.39. The molecule has 0 spiro atoms. The van der Waals surface area contributed by atoms with Gasteiger partial charge in [0.15, 0.2) is 0 Å². The number of aliphatic hydroxyl groups is 1. The van der Waals surface area contributed by atoms with E-state index in [4.69, 9.17) is 0 Å². The van der Waals surface area contributed by atoms with Crippen molar-refractivity contribution in [2.45, 2.75) is 33.4 Å². The molecule has 6 nitrogen and oxygen atoms in total. The summed E-state index contributed by atoms with van der Waals surface area (Å²) in [7, 11) is 1.82. The van der Waals surface area contributed by atoms with E-state index in [1.165, 1.54) is 0 Å². The average Bonchev–Trinajstić information content (AvgIpc) is 2.67. The van der Waals surface area contributed by atoms with Crippen LogP contribution in [-0.4, -0.2) is 33.6 Å². The number of aromatic nitrogens is 2. The van der Waals surface area contributed by atoms with Gasteiger partial charge in [-0.05, 0) is 11.5 Å². The highest BCUT2D eigenvalue weighted by Gasteiger charge is 2.22. The van der Waals surface area contributed by atoms with Crippen LogP contribution in [0.1, 0.15) is 26.5 Å². The van der Waals surface area contributed by atoms with Crippen molar-refractivity contribution in [2.24, 2.45) is 12.5 Å². The molecule has 0 saturated heterocycles. The van der Waals surface area contributed by atoms with Gasteiger partial charge in [-0.15, -0.1) is 0 Å². The molecule has 0 aliphatic carbocycles. The smallest absolute Gasteiger partial charge is 0.315 e. The highest BCUT2D eigenvalue weighted by molar-refractivity contribution is 5.73. The topological polar surface area (TPSA) is 79.2 Å². The molecule has 0 saturated carbocycles. The molecule has 1 aromatic heterocycles. The van der Waals surface area contributed by atoms with Crippen molar-refractivity contribution in [3.05, 3.63) is 18.0 Å². The van der Waals surface area contributed by atoms with E-state index in [1.54, 1.807) is 10.9 Å². The summed E-state index contributed by atoms with van der Waals surface area (Å²) < 4.78 is 1.70. The molecule has 0 aliphatic heterocycles. The fraction of sp³-hybridized carbons (Fsp3) is 0.667. The van der Waals surface area contributed by atoms with E-state index in [-0.39, 0.29) is 18.0 Å². The van der Waals surface area contributed by atoms with Crippen LogP contribution in [0.2, 0.25) is 0 Å². The summed E-state index contributed by atoms with van der Waals surface area (Å²) >= 11 is 0. The molecule has 1 unspecified atom stereocenters. The lowest BCUT2D eigenvalue weighted by Crippen LogP contribution is -2.43. The molecule has 18 heavy (non-hydrogen) atoms. The van der Waals surface area contributed by atoms with Crippen molar-refractivity contribution >= 4 is 6.03 Å². The van der Waals surface area contributed by atoms with E-state index in [2.05, 4.69) is 15.7 Å². The summed E-state index contributed by atoms with van der Waals surface area (Å²) in [6.07, 6.45) is 1.11. The Bertz CT molecular complexity index is 395. The summed E-state index contributed by atoms with van der Waals surface area (Å²) in [5.74, 6) is 0. The maximum atomic E-state index is 11.5. The normalized spacial score (nSPS) is 13.2. The number of rotatable bonds is 4. The second-order valence-corrected chi connectivity index (χ2v) is 5.39. The molecule has 2 amide bonds. The van der Waals surface area contributed by atoms with E-state index < -0.39 is 6.10 Å². The molecular weight excluding hydrogens is 232 g/mol. The number of hydrogen-bond acceptors (Lipinski definition) is 3. The first-order valence-electron chi connectivity index (χ1n) is 5.97. The molecule has 1 aromatic rings. The van der Waals surface area contributed by atoms with Gasteiger partial charge in [0, 0.05) is 19.8 Å². The number of aryl methyl sites for hydroxylation is 1. The van der Waals surface area contributed by atoms with E-state index >= 15 is 0 Å². The highest BCUT2D eigenvalue weighted by Crippen LogP contribution is 2.17. The number of carbonyl (C=O) groups excluding carboxylic acids is 1. The third-order valence-corrected chi connectivity index (χ3v) is 2.81. The lowest BCUT2D eigenvalue weighted by atomic mass is 9.89. The van der Waals surface area contributed by atoms with Crippen LogP contribution in [0.5, 0.6) is 0 Å². The molecule has 1 heterocycles. The van der Waals surface area contributed by atoms with Gasteiger partial charge >= 0.3 is 6.03 Å². The van der Waals surface area contributed by atoms with Gasteiger partial charge in [-0.3, -0.25) is 4.68 Å². The van der Waals surface area contributed by atoms with Crippen LogP contribution in [0.15, 0.2) is 12.3 Å². The Kier molecular flexibility index (Phi) is 4.72. The van der Waals surface area contributed by atoms with E-state index in [9.17, 15) is 9.90 Å². The minimum Gasteiger partial charge on any atom is -0.391 e. The predicted molar refractivity (Wildman–Crippen MR) is 68.9 cm³/mol. The summed E-state index contributed by atoms with van der Waals surface area (Å²) in [5.41, 5.74) is 0.677. The lowest BCUT2D eigenvalue weighted by molar-refractivity contribution is 0.0650. The third-order valence-electron chi connectivity index (χ3n) is 2.81. The van der Waals surface area contributed by atoms with Crippen LogP contribution < -0.4 is 10.6 Å². The minimum atomic E-state index is -0.569. The molecule has 0 aliphatic rings. The van der Waals surface area contributed by atoms with E-state index in [0.29, 0.717) is 6.54 Å². The monoisotopic (exact) mass is 254 g/mol. The number of carbonyl (C=O) groups is 1. The number of nitrogens with zero attached hydrogens (tertiary/aromatic N) is 2. The fourth-order valence-corrected chi connectivity index (χ4v) is 1.30. The van der Waals surface area contributed by atoms with E-state index in [0.717, 1.165) is 5.69 Å². The number of amides is 2. The number of hydrogen-bond donors (Lipinski definition) is 3. The molecule has 0 aromatic carbocycles. The first-order valence-corrected chi connectivity index (χ1v) is 5.97. The number of nitrogens with one attached hydrogen (secondary N) is 2. The number of aliphatic hydroxyl groups excluding tert-OH is 1. The van der Waals surface area contributed by atoms with Crippen LogP contribution in [0, 0.1) is 5.41 Å². The first kappa shape index (κ1) is 14.5. The Morgan fingerprint density at radius 2 is 2.17 bits per heavy atom. The van der Waals surface area contributed by atoms with Gasteiger partial charge in [-0.1, -0.05) is 20.8 Å². The zero-order chi connectivity index (χ0) is 13.8. The van der Waals surface area contributed by atoms with Crippen molar-refractivity contribution in [1.29, 1.82) is 0 Å². The van der Waals surface area contributed by atoms with Crippen molar-refractivity contribution in [3.8, 4) is 0 Å². The lowest BCUT2D eigenvalue weighted by Gasteiger charge is -2.25. The van der Waals surface area contributed by atoms with Gasteiger partial charge in [0.1, 0.15) is 0 Å². The SMILES string of the molecule is Cn1nccc1CNC(=O)NCC(O)C(C)(C)C. The van der Waals surface area contributed by atoms with Crippen molar-refractivity contribution in [2.75, 3.05) is 6.54 Å². The van der Waals surface area contributed by atoms with Crippen molar-refractivity contribution in [3.63, 3.8) is 0 Å². The largest absolute Gasteiger partial charge is 0.391 e. The van der Waals surface area contributed by atoms with Crippen LogP contribution >= 0.6 is 0 Å². The Balaban J connectivity index is 2.29. The zero-order valence-corrected chi connectivity index (χ0v) is 11.4. The molecule has 3 N–H and O–H groups in total. The maximum absolute atomic E-state index is 11.5. The third kappa shape index (κ3) is 4.37. The highest BCUT2D eigenvalue weighted by atomic mass is 16.3. The predicted octanol–water partition coefficient (Wildman–Crippen LogP) is 0.626. The van der Waals surface area contributed by atoms with Crippen molar-refractivity contribution in [1.82, 2.24) is 20.4 Å². The molecule has 0 fully saturated rings. The average molecular weight is 254 g/mol.